The van der Waals surface area contributed by atoms with Crippen molar-refractivity contribution in [1.82, 2.24) is 9.55 Å². The maximum absolute atomic E-state index is 9.23. The highest BCUT2D eigenvalue weighted by molar-refractivity contribution is 7.98. The Balaban J connectivity index is 2.40. The zero-order valence-corrected chi connectivity index (χ0v) is 10.2. The third kappa shape index (κ3) is 2.07. The summed E-state index contributed by atoms with van der Waals surface area (Å²) in [6, 6.07) is 7.11. The number of aryl methyl sites for hydroxylation is 1. The van der Waals surface area contributed by atoms with E-state index in [-0.39, 0.29) is 5.75 Å². The molecule has 1 aromatic heterocycles. The highest BCUT2D eigenvalue weighted by atomic mass is 32.2. The van der Waals surface area contributed by atoms with Crippen molar-refractivity contribution in [1.29, 1.82) is 0 Å². The molecule has 0 unspecified atom stereocenters. The van der Waals surface area contributed by atoms with Crippen molar-refractivity contribution in [3.05, 3.63) is 30.5 Å². The number of nitrogens with zero attached hydrogens (tertiary/aromatic N) is 2. The average molecular weight is 234 g/mol. The molecule has 0 aliphatic heterocycles. The van der Waals surface area contributed by atoms with Gasteiger partial charge >= 0.3 is 0 Å². The average Bonchev–Trinajstić information content (AvgIpc) is 2.73. The number of aromatic nitrogens is 2. The van der Waals surface area contributed by atoms with Gasteiger partial charge in [0.2, 0.25) is 0 Å². The molecule has 0 amide bonds. The number of aromatic hydroxyl groups is 1. The molecule has 1 heterocycles. The molecule has 0 saturated carbocycles. The molecule has 1 aromatic carbocycles. The van der Waals surface area contributed by atoms with Crippen LogP contribution in [0, 0.1) is 0 Å². The summed E-state index contributed by atoms with van der Waals surface area (Å²) in [6.07, 6.45) is 4.06. The van der Waals surface area contributed by atoms with Crippen molar-refractivity contribution in [2.45, 2.75) is 18.6 Å². The van der Waals surface area contributed by atoms with Gasteiger partial charge < -0.3 is 9.67 Å². The first-order valence-corrected chi connectivity index (χ1v) is 6.37. The summed E-state index contributed by atoms with van der Waals surface area (Å²) in [4.78, 5) is 4.54. The quantitative estimate of drug-likeness (QED) is 0.830. The second kappa shape index (κ2) is 4.61. The molecule has 16 heavy (non-hydrogen) atoms. The summed E-state index contributed by atoms with van der Waals surface area (Å²) >= 11 is 1.64. The fourth-order valence-electron chi connectivity index (χ4n) is 1.56. The topological polar surface area (TPSA) is 38.0 Å². The SMILES string of the molecule is CCn1cc(-c2ccc(O)cc2)nc1SC. The van der Waals surface area contributed by atoms with Gasteiger partial charge in [-0.2, -0.15) is 0 Å². The standard InChI is InChI=1S/C12H14N2OS/c1-3-14-8-11(13-12(14)16-2)9-4-6-10(15)7-5-9/h4-8,15H,3H2,1-2H3. The summed E-state index contributed by atoms with van der Waals surface area (Å²) in [7, 11) is 0. The van der Waals surface area contributed by atoms with Gasteiger partial charge in [-0.25, -0.2) is 4.98 Å². The van der Waals surface area contributed by atoms with Crippen LogP contribution in [0.25, 0.3) is 11.3 Å². The van der Waals surface area contributed by atoms with Gasteiger partial charge in [0.25, 0.3) is 0 Å². The van der Waals surface area contributed by atoms with Gasteiger partial charge in [0.05, 0.1) is 5.69 Å². The lowest BCUT2D eigenvalue weighted by Crippen LogP contribution is -1.92. The van der Waals surface area contributed by atoms with Crippen LogP contribution >= 0.6 is 11.8 Å². The van der Waals surface area contributed by atoms with Gasteiger partial charge in [0.15, 0.2) is 5.16 Å². The van der Waals surface area contributed by atoms with Crippen molar-refractivity contribution < 1.29 is 5.11 Å². The summed E-state index contributed by atoms with van der Waals surface area (Å²) in [5, 5.41) is 10.2. The third-order valence-electron chi connectivity index (χ3n) is 2.43. The van der Waals surface area contributed by atoms with Crippen molar-refractivity contribution in [2.75, 3.05) is 6.26 Å². The van der Waals surface area contributed by atoms with Crippen LogP contribution in [0.1, 0.15) is 6.92 Å². The Morgan fingerprint density at radius 2 is 2.00 bits per heavy atom. The molecule has 0 radical (unpaired) electrons. The molecule has 4 heteroatoms. The fourth-order valence-corrected chi connectivity index (χ4v) is 2.17. The Labute approximate surface area is 99.1 Å². The van der Waals surface area contributed by atoms with Crippen LogP contribution in [0.2, 0.25) is 0 Å². The van der Waals surface area contributed by atoms with E-state index in [1.54, 1.807) is 23.9 Å². The van der Waals surface area contributed by atoms with E-state index in [0.29, 0.717) is 0 Å². The molecule has 0 bridgehead atoms. The Kier molecular flexibility index (Phi) is 3.19. The predicted octanol–water partition coefficient (Wildman–Crippen LogP) is 3.00. The fraction of sp³-hybridized carbons (Fsp3) is 0.250. The number of hydrogen-bond acceptors (Lipinski definition) is 3. The van der Waals surface area contributed by atoms with Crippen LogP contribution in [-0.2, 0) is 6.54 Å². The molecule has 0 aliphatic rings. The first kappa shape index (κ1) is 11.1. The van der Waals surface area contributed by atoms with E-state index in [4.69, 9.17) is 0 Å². The first-order chi connectivity index (χ1) is 7.74. The van der Waals surface area contributed by atoms with Crippen LogP contribution in [0.4, 0.5) is 0 Å². The summed E-state index contributed by atoms with van der Waals surface area (Å²) < 4.78 is 2.12. The van der Waals surface area contributed by atoms with Crippen molar-refractivity contribution >= 4 is 11.8 Å². The molecular formula is C12H14N2OS. The monoisotopic (exact) mass is 234 g/mol. The minimum atomic E-state index is 0.281. The highest BCUT2D eigenvalue weighted by Gasteiger charge is 2.07. The summed E-state index contributed by atoms with van der Waals surface area (Å²) in [5.74, 6) is 0.281. The minimum absolute atomic E-state index is 0.281. The molecule has 0 saturated heterocycles. The van der Waals surface area contributed by atoms with Crippen LogP contribution < -0.4 is 0 Å². The second-order valence-electron chi connectivity index (χ2n) is 3.45. The molecule has 1 N–H and O–H groups in total. The lowest BCUT2D eigenvalue weighted by Gasteiger charge is -1.98. The number of phenols is 1. The number of phenolic OH excluding ortho intramolecular Hbond substituents is 1. The van der Waals surface area contributed by atoms with Gasteiger partial charge in [-0.05, 0) is 37.4 Å². The van der Waals surface area contributed by atoms with Crippen LogP contribution in [-0.4, -0.2) is 20.9 Å². The lowest BCUT2D eigenvalue weighted by molar-refractivity contribution is 0.475. The molecular weight excluding hydrogens is 220 g/mol. The zero-order chi connectivity index (χ0) is 11.5. The van der Waals surface area contributed by atoms with E-state index in [9.17, 15) is 5.11 Å². The number of hydrogen-bond donors (Lipinski definition) is 1. The van der Waals surface area contributed by atoms with Gasteiger partial charge in [-0.3, -0.25) is 0 Å². The molecule has 0 aliphatic carbocycles. The second-order valence-corrected chi connectivity index (χ2v) is 4.22. The molecule has 2 aromatic rings. The van der Waals surface area contributed by atoms with Crippen molar-refractivity contribution in [3.8, 4) is 17.0 Å². The van der Waals surface area contributed by atoms with Gasteiger partial charge in [-0.1, -0.05) is 11.8 Å². The normalized spacial score (nSPS) is 10.6. The zero-order valence-electron chi connectivity index (χ0n) is 9.34. The van der Waals surface area contributed by atoms with Gasteiger partial charge in [-0.15, -0.1) is 0 Å². The molecule has 84 valence electrons. The van der Waals surface area contributed by atoms with Crippen molar-refractivity contribution in [2.24, 2.45) is 0 Å². The summed E-state index contributed by atoms with van der Waals surface area (Å²) in [6.45, 7) is 3.02. The lowest BCUT2D eigenvalue weighted by atomic mass is 10.2. The first-order valence-electron chi connectivity index (χ1n) is 5.15. The Morgan fingerprint density at radius 1 is 1.31 bits per heavy atom. The third-order valence-corrected chi connectivity index (χ3v) is 3.12. The number of thioether (sulfide) groups is 1. The predicted molar refractivity (Wildman–Crippen MR) is 66.8 cm³/mol. The summed E-state index contributed by atoms with van der Waals surface area (Å²) in [5.41, 5.74) is 1.98. The smallest absolute Gasteiger partial charge is 0.168 e. The van der Waals surface area contributed by atoms with E-state index in [1.165, 1.54) is 0 Å². The number of imidazole rings is 1. The van der Waals surface area contributed by atoms with Crippen LogP contribution in [0.5, 0.6) is 5.75 Å². The van der Waals surface area contributed by atoms with E-state index in [0.717, 1.165) is 23.0 Å². The van der Waals surface area contributed by atoms with Crippen LogP contribution in [0.3, 0.4) is 0 Å². The van der Waals surface area contributed by atoms with Gasteiger partial charge in [0.1, 0.15) is 5.75 Å². The number of rotatable bonds is 3. The van der Waals surface area contributed by atoms with Crippen molar-refractivity contribution in [3.63, 3.8) is 0 Å². The Bertz CT molecular complexity index is 455. The maximum Gasteiger partial charge on any atom is 0.168 e. The minimum Gasteiger partial charge on any atom is -0.508 e. The molecule has 2 rings (SSSR count). The highest BCUT2D eigenvalue weighted by Crippen LogP contribution is 2.24. The molecule has 0 fully saturated rings. The van der Waals surface area contributed by atoms with E-state index >= 15 is 0 Å². The van der Waals surface area contributed by atoms with Gasteiger partial charge in [0, 0.05) is 18.3 Å². The van der Waals surface area contributed by atoms with Crippen LogP contribution in [0.15, 0.2) is 35.6 Å². The molecule has 0 atom stereocenters. The number of benzene rings is 1. The Morgan fingerprint density at radius 3 is 2.50 bits per heavy atom. The van der Waals surface area contributed by atoms with E-state index in [2.05, 4.69) is 16.5 Å². The largest absolute Gasteiger partial charge is 0.508 e. The molecule has 3 nitrogen and oxygen atoms in total. The van der Waals surface area contributed by atoms with E-state index in [1.807, 2.05) is 24.6 Å². The molecule has 0 spiro atoms. The maximum atomic E-state index is 9.23. The Hall–Kier alpha value is -1.42. The van der Waals surface area contributed by atoms with E-state index < -0.39 is 0 Å².